The molecule has 0 unspecified atom stereocenters. The van der Waals surface area contributed by atoms with Crippen molar-refractivity contribution in [3.05, 3.63) is 50.9 Å². The quantitative estimate of drug-likeness (QED) is 0.927. The summed E-state index contributed by atoms with van der Waals surface area (Å²) in [6.07, 6.45) is 0.314. The molecule has 0 aliphatic rings. The molecule has 2 aromatic rings. The predicted molar refractivity (Wildman–Crippen MR) is 85.2 cm³/mol. The van der Waals surface area contributed by atoms with Gasteiger partial charge in [0.25, 0.3) is 0 Å². The molecule has 0 spiro atoms. The summed E-state index contributed by atoms with van der Waals surface area (Å²) in [7, 11) is 0. The number of hydrogen-bond acceptors (Lipinski definition) is 3. The maximum atomic E-state index is 11.7. The third-order valence-corrected chi connectivity index (χ3v) is 3.63. The molecule has 0 aliphatic heterocycles. The number of thiazole rings is 1. The van der Waals surface area contributed by atoms with E-state index >= 15 is 0 Å². The van der Waals surface area contributed by atoms with Gasteiger partial charge in [0.05, 0.1) is 17.1 Å². The molecule has 0 radical (unpaired) electrons. The molecule has 20 heavy (non-hydrogen) atoms. The van der Waals surface area contributed by atoms with Crippen LogP contribution in [0.5, 0.6) is 0 Å². The number of carbonyl (C=O) groups excluding carboxylic acids is 1. The number of hydrogen-bond donors (Lipinski definition) is 1. The van der Waals surface area contributed by atoms with Crippen LogP contribution in [0, 0.1) is 6.92 Å². The van der Waals surface area contributed by atoms with Gasteiger partial charge in [-0.2, -0.15) is 0 Å². The maximum absolute atomic E-state index is 11.7. The molecule has 1 aromatic heterocycles. The zero-order chi connectivity index (χ0) is 15.0. The van der Waals surface area contributed by atoms with Crippen LogP contribution in [-0.4, -0.2) is 10.9 Å². The summed E-state index contributed by atoms with van der Waals surface area (Å²) >= 11 is 7.56. The number of aryl methyl sites for hydroxylation is 1. The number of benzene rings is 1. The van der Waals surface area contributed by atoms with Gasteiger partial charge in [-0.3, -0.25) is 4.79 Å². The first-order valence-electron chi connectivity index (χ1n) is 6.56. The van der Waals surface area contributed by atoms with Crippen molar-refractivity contribution in [3.8, 4) is 0 Å². The van der Waals surface area contributed by atoms with E-state index in [1.165, 1.54) is 0 Å². The van der Waals surface area contributed by atoms with Crippen molar-refractivity contribution in [3.63, 3.8) is 0 Å². The summed E-state index contributed by atoms with van der Waals surface area (Å²) < 4.78 is 0. The number of nitrogens with zero attached hydrogens (tertiary/aromatic N) is 1. The fourth-order valence-corrected chi connectivity index (χ4v) is 2.37. The molecule has 3 nitrogen and oxygen atoms in total. The molecular weight excluding hydrogens is 292 g/mol. The Morgan fingerprint density at radius 1 is 1.35 bits per heavy atom. The lowest BCUT2D eigenvalue weighted by Gasteiger charge is -2.05. The van der Waals surface area contributed by atoms with Crippen molar-refractivity contribution in [2.24, 2.45) is 0 Å². The fraction of sp³-hybridized carbons (Fsp3) is 0.333. The second-order valence-corrected chi connectivity index (χ2v) is 5.37. The van der Waals surface area contributed by atoms with Crippen LogP contribution in [0.4, 0.5) is 0 Å². The van der Waals surface area contributed by atoms with Crippen molar-refractivity contribution in [1.29, 1.82) is 0 Å². The molecule has 1 heterocycles. The van der Waals surface area contributed by atoms with Gasteiger partial charge in [-0.1, -0.05) is 43.6 Å². The number of halogens is 1. The highest BCUT2D eigenvalue weighted by molar-refractivity contribution is 7.09. The Balaban J connectivity index is 0.000000956. The maximum Gasteiger partial charge on any atom is 0.226 e. The van der Waals surface area contributed by atoms with Gasteiger partial charge in [-0.25, -0.2) is 4.98 Å². The van der Waals surface area contributed by atoms with E-state index in [1.807, 2.05) is 50.4 Å². The molecule has 108 valence electrons. The molecule has 1 N–H and O–H groups in total. The predicted octanol–water partition coefficient (Wildman–Crippen LogP) is 3.99. The van der Waals surface area contributed by atoms with Crippen LogP contribution in [0.3, 0.4) is 0 Å². The molecule has 2 rings (SSSR count). The van der Waals surface area contributed by atoms with Crippen LogP contribution in [-0.2, 0) is 17.8 Å². The standard InChI is InChI=1S/C13H13ClN2OS.C2H6/c1-9-16-11(8-18-9)6-13(17)15-7-10-4-2-3-5-12(10)14;1-2/h2-5,8H,6-7H2,1H3,(H,15,17);1-2H3. The van der Waals surface area contributed by atoms with Crippen LogP contribution >= 0.6 is 22.9 Å². The van der Waals surface area contributed by atoms with Gasteiger partial charge in [-0.05, 0) is 18.6 Å². The van der Waals surface area contributed by atoms with E-state index in [1.54, 1.807) is 11.3 Å². The smallest absolute Gasteiger partial charge is 0.226 e. The lowest BCUT2D eigenvalue weighted by molar-refractivity contribution is -0.120. The Hall–Kier alpha value is -1.39. The molecule has 0 saturated carbocycles. The minimum absolute atomic E-state index is 0.0415. The zero-order valence-electron chi connectivity index (χ0n) is 11.9. The van der Waals surface area contributed by atoms with Crippen LogP contribution in [0.15, 0.2) is 29.6 Å². The number of rotatable bonds is 4. The first-order chi connectivity index (χ1) is 9.65. The Labute approximate surface area is 129 Å². The van der Waals surface area contributed by atoms with Gasteiger partial charge in [0.2, 0.25) is 5.91 Å². The highest BCUT2D eigenvalue weighted by Gasteiger charge is 2.07. The molecule has 0 saturated heterocycles. The first kappa shape index (κ1) is 16.7. The minimum Gasteiger partial charge on any atom is -0.352 e. The molecule has 0 fully saturated rings. The molecule has 1 amide bonds. The number of carbonyl (C=O) groups is 1. The van der Waals surface area contributed by atoms with Gasteiger partial charge in [0.15, 0.2) is 0 Å². The average molecular weight is 311 g/mol. The minimum atomic E-state index is -0.0415. The Kier molecular flexibility index (Phi) is 7.26. The highest BCUT2D eigenvalue weighted by Crippen LogP contribution is 2.14. The van der Waals surface area contributed by atoms with Crippen LogP contribution in [0.25, 0.3) is 0 Å². The summed E-state index contributed by atoms with van der Waals surface area (Å²) in [5.41, 5.74) is 1.73. The van der Waals surface area contributed by atoms with Crippen molar-refractivity contribution in [2.45, 2.75) is 33.7 Å². The Bertz CT molecular complexity index is 554. The summed E-state index contributed by atoms with van der Waals surface area (Å²) in [5, 5.41) is 6.39. The Morgan fingerprint density at radius 3 is 2.65 bits per heavy atom. The van der Waals surface area contributed by atoms with Gasteiger partial charge in [-0.15, -0.1) is 11.3 Å². The lowest BCUT2D eigenvalue weighted by atomic mass is 10.2. The van der Waals surface area contributed by atoms with Crippen LogP contribution in [0.1, 0.15) is 30.1 Å². The molecule has 0 bridgehead atoms. The molecule has 5 heteroatoms. The van der Waals surface area contributed by atoms with Gasteiger partial charge >= 0.3 is 0 Å². The second-order valence-electron chi connectivity index (χ2n) is 3.90. The number of amides is 1. The van der Waals surface area contributed by atoms with E-state index in [0.717, 1.165) is 16.3 Å². The molecular formula is C15H19ClN2OS. The van der Waals surface area contributed by atoms with E-state index in [9.17, 15) is 4.79 Å². The molecule has 0 aliphatic carbocycles. The van der Waals surface area contributed by atoms with E-state index in [-0.39, 0.29) is 5.91 Å². The topological polar surface area (TPSA) is 42.0 Å². The number of aromatic nitrogens is 1. The van der Waals surface area contributed by atoms with Crippen molar-refractivity contribution < 1.29 is 4.79 Å². The van der Waals surface area contributed by atoms with Crippen molar-refractivity contribution >= 4 is 28.8 Å². The van der Waals surface area contributed by atoms with Gasteiger partial charge < -0.3 is 5.32 Å². The van der Waals surface area contributed by atoms with Gasteiger partial charge in [0.1, 0.15) is 0 Å². The number of nitrogens with one attached hydrogen (secondary N) is 1. The lowest BCUT2D eigenvalue weighted by Crippen LogP contribution is -2.24. The van der Waals surface area contributed by atoms with E-state index < -0.39 is 0 Å². The van der Waals surface area contributed by atoms with Crippen LogP contribution in [0.2, 0.25) is 5.02 Å². The van der Waals surface area contributed by atoms with E-state index in [4.69, 9.17) is 11.6 Å². The Morgan fingerprint density at radius 2 is 2.05 bits per heavy atom. The fourth-order valence-electron chi connectivity index (χ4n) is 1.55. The molecule has 0 atom stereocenters. The first-order valence-corrected chi connectivity index (χ1v) is 7.82. The summed E-state index contributed by atoms with van der Waals surface area (Å²) in [4.78, 5) is 16.0. The normalized spacial score (nSPS) is 9.60. The average Bonchev–Trinajstić information content (AvgIpc) is 2.85. The summed E-state index contributed by atoms with van der Waals surface area (Å²) in [5.74, 6) is -0.0415. The molecule has 1 aromatic carbocycles. The summed E-state index contributed by atoms with van der Waals surface area (Å²) in [6.45, 7) is 6.37. The van der Waals surface area contributed by atoms with Crippen molar-refractivity contribution in [1.82, 2.24) is 10.3 Å². The highest BCUT2D eigenvalue weighted by atomic mass is 35.5. The third kappa shape index (κ3) is 5.31. The van der Waals surface area contributed by atoms with Crippen LogP contribution < -0.4 is 5.32 Å². The summed E-state index contributed by atoms with van der Waals surface area (Å²) in [6, 6.07) is 7.48. The van der Waals surface area contributed by atoms with Crippen molar-refractivity contribution in [2.75, 3.05) is 0 Å². The van der Waals surface area contributed by atoms with Gasteiger partial charge in [0, 0.05) is 16.9 Å². The second kappa shape index (κ2) is 8.72. The largest absolute Gasteiger partial charge is 0.352 e. The zero-order valence-corrected chi connectivity index (χ0v) is 13.5. The van der Waals surface area contributed by atoms with E-state index in [2.05, 4.69) is 10.3 Å². The monoisotopic (exact) mass is 310 g/mol. The third-order valence-electron chi connectivity index (χ3n) is 2.44. The SMILES string of the molecule is CC.Cc1nc(CC(=O)NCc2ccccc2Cl)cs1. The van der Waals surface area contributed by atoms with E-state index in [0.29, 0.717) is 18.0 Å².